The van der Waals surface area contributed by atoms with E-state index in [2.05, 4.69) is 5.16 Å². The Labute approximate surface area is 392 Å². The van der Waals surface area contributed by atoms with Crippen LogP contribution in [0, 0.1) is 35.5 Å². The van der Waals surface area contributed by atoms with E-state index < -0.39 is 83.9 Å². The first-order valence-corrected chi connectivity index (χ1v) is 24.1. The lowest BCUT2D eigenvalue weighted by molar-refractivity contribution is -0.265. The van der Waals surface area contributed by atoms with Crippen molar-refractivity contribution >= 4 is 29.2 Å². The fourth-order valence-corrected chi connectivity index (χ4v) is 10.3. The Hall–Kier alpha value is -3.57. The highest BCUT2D eigenvalue weighted by molar-refractivity contribution is 6.39. The van der Waals surface area contributed by atoms with Gasteiger partial charge in [0.1, 0.15) is 24.4 Å². The van der Waals surface area contributed by atoms with Crippen LogP contribution in [-0.4, -0.2) is 137 Å². The van der Waals surface area contributed by atoms with Crippen molar-refractivity contribution in [1.29, 1.82) is 0 Å². The van der Waals surface area contributed by atoms with Crippen LogP contribution in [0.15, 0.2) is 52.8 Å². The lowest BCUT2D eigenvalue weighted by Crippen LogP contribution is -2.61. The van der Waals surface area contributed by atoms with Gasteiger partial charge in [-0.1, -0.05) is 76.2 Å². The molecule has 15 atom stereocenters. The van der Waals surface area contributed by atoms with Crippen molar-refractivity contribution < 1.29 is 63.4 Å². The number of carbonyl (C=O) groups is 4. The third-order valence-corrected chi connectivity index (χ3v) is 14.6. The van der Waals surface area contributed by atoms with E-state index >= 15 is 0 Å². The first-order valence-electron chi connectivity index (χ1n) is 24.1. The highest BCUT2D eigenvalue weighted by Gasteiger charge is 2.53. The number of rotatable bonds is 6. The molecule has 1 unspecified atom stereocenters. The summed E-state index contributed by atoms with van der Waals surface area (Å²) in [6.07, 6.45) is 11.6. The number of hydrogen-bond donors (Lipinski definition) is 4. The maximum atomic E-state index is 14.5. The number of cyclic esters (lactones) is 1. The second kappa shape index (κ2) is 25.7. The average Bonchev–Trinajstić information content (AvgIpc) is 3.30. The second-order valence-corrected chi connectivity index (χ2v) is 19.7. The van der Waals surface area contributed by atoms with Gasteiger partial charge in [-0.2, -0.15) is 0 Å². The molecule has 1 aliphatic carbocycles. The van der Waals surface area contributed by atoms with Crippen LogP contribution < -0.4 is 0 Å². The smallest absolute Gasteiger partial charge is 0.329 e. The summed E-state index contributed by atoms with van der Waals surface area (Å²) < 4.78 is 29.5. The Kier molecular flexibility index (Phi) is 21.4. The van der Waals surface area contributed by atoms with Gasteiger partial charge < -0.3 is 49.1 Å². The van der Waals surface area contributed by atoms with Gasteiger partial charge in [0.2, 0.25) is 5.79 Å². The number of esters is 1. The zero-order chi connectivity index (χ0) is 48.9. The summed E-state index contributed by atoms with van der Waals surface area (Å²) in [6, 6.07) is -1.13. The number of piperidine rings is 1. The lowest BCUT2D eigenvalue weighted by atomic mass is 9.78. The molecule has 3 fully saturated rings. The zero-order valence-electron chi connectivity index (χ0n) is 41.1. The van der Waals surface area contributed by atoms with Crippen LogP contribution in [0.25, 0.3) is 0 Å². The van der Waals surface area contributed by atoms with Crippen molar-refractivity contribution in [1.82, 2.24) is 4.90 Å². The van der Waals surface area contributed by atoms with Crippen LogP contribution in [0.5, 0.6) is 0 Å². The summed E-state index contributed by atoms with van der Waals surface area (Å²) in [6.45, 7) is 12.9. The quantitative estimate of drug-likeness (QED) is 0.0744. The summed E-state index contributed by atoms with van der Waals surface area (Å²) in [5.74, 6) is -7.45. The number of fused-ring (bicyclic) bond motifs is 3. The van der Waals surface area contributed by atoms with Crippen molar-refractivity contribution in [3.05, 3.63) is 47.6 Å². The van der Waals surface area contributed by atoms with Gasteiger partial charge in [-0.25, -0.2) is 4.79 Å². The molecule has 372 valence electrons. The number of oxime groups is 1. The Balaban J connectivity index is 1.73. The van der Waals surface area contributed by atoms with E-state index in [1.165, 1.54) is 12.0 Å². The predicted molar refractivity (Wildman–Crippen MR) is 249 cm³/mol. The predicted octanol–water partition coefficient (Wildman–Crippen LogP) is 6.44. The molecule has 1 amide bonds. The molecule has 3 aliphatic heterocycles. The molecule has 4 rings (SSSR count). The first kappa shape index (κ1) is 55.0. The molecule has 0 aromatic heterocycles. The number of Topliss-reactive ketones (excluding diaryl/α,β-unsaturated/α-hetero) is 2. The standard InChI is InChI=1S/C51H80N2O13/c1-30-16-12-11-13-17-31(2)42(62-8)28-38-21-19-36(7)51(60,66-38)48(57)49(58)53-23-15-14-18-40(53)50(59)65-43(33(4)26-37-20-22-41(54)44(27-37)63-9)29-39(52-61)32(3)25-35(6)46(56)47(64-10)45(55)34(5)24-30/h11-13,16-17,25,30,32-34,36-38,40-44,46-47,54,56,60-61H,14-15,18-24,26-29H2,1-10H3/b13-11+,16-12+,31-17+,35-25+,52-39+/t30-,32-,33-,34-,36-,37?,38+,40+,41-,42+,43+,44-,46-,47+,51-/m1/s1. The molecular formula is C51H80N2O13. The third-order valence-electron chi connectivity index (χ3n) is 14.6. The maximum absolute atomic E-state index is 14.5. The third kappa shape index (κ3) is 14.2. The second-order valence-electron chi connectivity index (χ2n) is 19.7. The first-order chi connectivity index (χ1) is 31.3. The highest BCUT2D eigenvalue weighted by atomic mass is 16.6. The summed E-state index contributed by atoms with van der Waals surface area (Å²) in [5.41, 5.74) is 1.56. The van der Waals surface area contributed by atoms with E-state index in [0.29, 0.717) is 63.4 Å². The Morgan fingerprint density at radius 3 is 2.27 bits per heavy atom. The number of aliphatic hydroxyl groups excluding tert-OH is 2. The van der Waals surface area contributed by atoms with Gasteiger partial charge in [0.15, 0.2) is 5.78 Å². The van der Waals surface area contributed by atoms with E-state index in [4.69, 9.17) is 23.7 Å². The molecule has 66 heavy (non-hydrogen) atoms. The zero-order valence-corrected chi connectivity index (χ0v) is 41.1. The SMILES string of the molecule is CO[C@H]1C[C@@H]2CC[C@@H](C)[C@@](O)(O2)C(=O)C(=O)N2CCCC[C@H]2C(=O)O[C@H]([C@H](C)CC2CC[C@@H](O)[C@H](OC)C2)C/C(=N\O)[C@H](C)/C=C(\C)[C@@H](O)[C@@H](OC)C(=O)[C@H](C)C[C@H](C)/C=C/C=C/C=C/1C. The van der Waals surface area contributed by atoms with E-state index in [1.807, 2.05) is 58.1 Å². The van der Waals surface area contributed by atoms with Crippen LogP contribution in [-0.2, 0) is 42.9 Å². The topological polar surface area (TPSA) is 211 Å². The Morgan fingerprint density at radius 2 is 1.61 bits per heavy atom. The molecule has 0 aromatic carbocycles. The van der Waals surface area contributed by atoms with Crippen LogP contribution in [0.3, 0.4) is 0 Å². The minimum atomic E-state index is -2.43. The largest absolute Gasteiger partial charge is 0.460 e. The van der Waals surface area contributed by atoms with Gasteiger partial charge in [-0.05, 0) is 107 Å². The summed E-state index contributed by atoms with van der Waals surface area (Å²) in [5, 5.41) is 48.1. The highest BCUT2D eigenvalue weighted by Crippen LogP contribution is 2.38. The van der Waals surface area contributed by atoms with Gasteiger partial charge in [0.05, 0.1) is 30.1 Å². The Morgan fingerprint density at radius 1 is 0.879 bits per heavy atom. The number of carbonyl (C=O) groups excluding carboxylic acids is 4. The molecule has 0 aromatic rings. The molecule has 15 nitrogen and oxygen atoms in total. The molecule has 4 aliphatic rings. The van der Waals surface area contributed by atoms with Crippen molar-refractivity contribution in [2.45, 2.75) is 180 Å². The average molecular weight is 929 g/mol. The number of ketones is 2. The molecule has 3 heterocycles. The van der Waals surface area contributed by atoms with Gasteiger partial charge in [-0.3, -0.25) is 14.4 Å². The molecule has 15 heteroatoms. The molecule has 0 radical (unpaired) electrons. The number of ether oxygens (including phenoxy) is 5. The molecule has 2 saturated heterocycles. The number of hydrogen-bond acceptors (Lipinski definition) is 14. The molecule has 1 saturated carbocycles. The van der Waals surface area contributed by atoms with Crippen LogP contribution in [0.2, 0.25) is 0 Å². The van der Waals surface area contributed by atoms with E-state index in [-0.39, 0.29) is 54.7 Å². The van der Waals surface area contributed by atoms with E-state index in [9.17, 15) is 39.7 Å². The summed E-state index contributed by atoms with van der Waals surface area (Å²) >= 11 is 0. The monoisotopic (exact) mass is 929 g/mol. The molecular weight excluding hydrogens is 849 g/mol. The minimum absolute atomic E-state index is 0.0129. The number of amides is 1. The molecule has 4 N–H and O–H groups in total. The van der Waals surface area contributed by atoms with Gasteiger partial charge >= 0.3 is 5.97 Å². The number of methoxy groups -OCH3 is 3. The van der Waals surface area contributed by atoms with Crippen molar-refractivity contribution in [3.8, 4) is 0 Å². The van der Waals surface area contributed by atoms with Crippen molar-refractivity contribution in [2.75, 3.05) is 27.9 Å². The van der Waals surface area contributed by atoms with Crippen molar-refractivity contribution in [2.24, 2.45) is 40.7 Å². The number of allylic oxidation sites excluding steroid dienone is 6. The van der Waals surface area contributed by atoms with E-state index in [1.54, 1.807) is 41.1 Å². The normalized spacial score (nSPS) is 40.6. The van der Waals surface area contributed by atoms with Gasteiger partial charge in [-0.15, -0.1) is 0 Å². The minimum Gasteiger partial charge on any atom is -0.460 e. The van der Waals surface area contributed by atoms with Gasteiger partial charge in [0, 0.05) is 58.5 Å². The van der Waals surface area contributed by atoms with Crippen molar-refractivity contribution in [3.63, 3.8) is 0 Å². The fourth-order valence-electron chi connectivity index (χ4n) is 10.3. The van der Waals surface area contributed by atoms with Gasteiger partial charge in [0.25, 0.3) is 11.7 Å². The van der Waals surface area contributed by atoms with Crippen LogP contribution in [0.4, 0.5) is 0 Å². The molecule has 2 bridgehead atoms. The Bertz CT molecular complexity index is 1790. The molecule has 0 spiro atoms. The number of aliphatic hydroxyl groups is 3. The van der Waals surface area contributed by atoms with Crippen LogP contribution in [0.1, 0.15) is 126 Å². The fraction of sp³-hybridized carbons (Fsp3) is 0.745. The number of nitrogens with zero attached hydrogens (tertiary/aromatic N) is 2. The summed E-state index contributed by atoms with van der Waals surface area (Å²) in [4.78, 5) is 57.9. The van der Waals surface area contributed by atoms with E-state index in [0.717, 1.165) is 12.0 Å². The maximum Gasteiger partial charge on any atom is 0.329 e. The van der Waals surface area contributed by atoms with Crippen LogP contribution >= 0.6 is 0 Å². The summed E-state index contributed by atoms with van der Waals surface area (Å²) in [7, 11) is 4.54. The lowest BCUT2D eigenvalue weighted by Gasteiger charge is -2.42.